The maximum absolute atomic E-state index is 13.1. The highest BCUT2D eigenvalue weighted by Gasteiger charge is 2.20. The number of aromatic nitrogens is 2. The van der Waals surface area contributed by atoms with E-state index in [1.54, 1.807) is 0 Å². The van der Waals surface area contributed by atoms with E-state index in [1.165, 1.54) is 12.1 Å². The molecule has 0 atom stereocenters. The number of nitrogens with zero attached hydrogens (tertiary/aromatic N) is 4. The van der Waals surface area contributed by atoms with Gasteiger partial charge in [0, 0.05) is 37.4 Å². The molecule has 1 aliphatic rings. The molecular weight excluding hydrogens is 359 g/mol. The van der Waals surface area contributed by atoms with E-state index in [0.717, 1.165) is 43.2 Å². The summed E-state index contributed by atoms with van der Waals surface area (Å²) in [5.74, 6) is 1.82. The number of anilines is 1. The highest BCUT2D eigenvalue weighted by atomic mass is 19.1. The highest BCUT2D eigenvalue weighted by Crippen LogP contribution is 2.21. The second kappa shape index (κ2) is 8.39. The van der Waals surface area contributed by atoms with Crippen molar-refractivity contribution in [2.24, 2.45) is 0 Å². The summed E-state index contributed by atoms with van der Waals surface area (Å²) in [7, 11) is 0. The molecule has 0 aliphatic carbocycles. The van der Waals surface area contributed by atoms with Crippen molar-refractivity contribution in [1.29, 1.82) is 0 Å². The minimum Gasteiger partial charge on any atom is -0.494 e. The van der Waals surface area contributed by atoms with Crippen LogP contribution in [0.1, 0.15) is 12.8 Å². The number of piperazine rings is 1. The van der Waals surface area contributed by atoms with Gasteiger partial charge in [0.25, 0.3) is 0 Å². The number of hydrogen-bond acceptors (Lipinski definition) is 6. The summed E-state index contributed by atoms with van der Waals surface area (Å²) in [5, 5.41) is 4.10. The normalized spacial score (nSPS) is 15.0. The molecule has 1 fully saturated rings. The third kappa shape index (κ3) is 4.31. The van der Waals surface area contributed by atoms with Gasteiger partial charge in [0.2, 0.25) is 11.7 Å². The number of ether oxygens (including phenoxy) is 1. The van der Waals surface area contributed by atoms with Gasteiger partial charge in [-0.15, -0.1) is 0 Å². The van der Waals surface area contributed by atoms with Crippen molar-refractivity contribution in [3.05, 3.63) is 60.2 Å². The van der Waals surface area contributed by atoms with E-state index in [0.29, 0.717) is 24.9 Å². The first-order valence-electron chi connectivity index (χ1n) is 9.50. The molecule has 3 aromatic rings. The smallest absolute Gasteiger partial charge is 0.241 e. The van der Waals surface area contributed by atoms with Crippen molar-refractivity contribution < 1.29 is 13.7 Å². The average Bonchev–Trinajstić information content (AvgIpc) is 3.19. The molecule has 0 bridgehead atoms. The first-order valence-corrected chi connectivity index (χ1v) is 9.50. The van der Waals surface area contributed by atoms with Crippen LogP contribution in [0.2, 0.25) is 0 Å². The minimum absolute atomic E-state index is 0.206. The lowest BCUT2D eigenvalue weighted by Crippen LogP contribution is -2.46. The summed E-state index contributed by atoms with van der Waals surface area (Å²) in [4.78, 5) is 9.07. The van der Waals surface area contributed by atoms with Crippen LogP contribution in [0.3, 0.4) is 0 Å². The predicted octanol–water partition coefficient (Wildman–Crippen LogP) is 3.60. The van der Waals surface area contributed by atoms with Gasteiger partial charge in [-0.2, -0.15) is 4.98 Å². The summed E-state index contributed by atoms with van der Waals surface area (Å²) in [6.07, 6.45) is 0. The Bertz CT molecular complexity index is 888. The van der Waals surface area contributed by atoms with E-state index >= 15 is 0 Å². The van der Waals surface area contributed by atoms with Gasteiger partial charge in [-0.25, -0.2) is 4.39 Å². The molecular formula is C21H23FN4O2. The van der Waals surface area contributed by atoms with Crippen LogP contribution < -0.4 is 9.64 Å². The fraction of sp³-hybridized carbons (Fsp3) is 0.333. The molecule has 1 aromatic heterocycles. The summed E-state index contributed by atoms with van der Waals surface area (Å²) in [6, 6.07) is 14.3. The van der Waals surface area contributed by atoms with Crippen molar-refractivity contribution in [3.8, 4) is 17.1 Å². The molecule has 4 rings (SSSR count). The number of rotatable bonds is 6. The largest absolute Gasteiger partial charge is 0.494 e. The zero-order valence-corrected chi connectivity index (χ0v) is 15.8. The molecule has 0 spiro atoms. The van der Waals surface area contributed by atoms with Crippen LogP contribution in [0.15, 0.2) is 53.1 Å². The lowest BCUT2D eigenvalue weighted by molar-refractivity contribution is 0.215. The molecule has 0 amide bonds. The van der Waals surface area contributed by atoms with E-state index in [2.05, 4.69) is 19.9 Å². The van der Waals surface area contributed by atoms with Crippen molar-refractivity contribution in [2.45, 2.75) is 13.5 Å². The lowest BCUT2D eigenvalue weighted by Gasteiger charge is -2.35. The maximum atomic E-state index is 13.1. The second-order valence-corrected chi connectivity index (χ2v) is 6.71. The predicted molar refractivity (Wildman–Crippen MR) is 105 cm³/mol. The van der Waals surface area contributed by atoms with Gasteiger partial charge in [0.15, 0.2) is 0 Å². The average molecular weight is 382 g/mol. The standard InChI is InChI=1S/C21H23FN4O2/c1-2-27-19-9-3-16(4-10-19)21-23-20(28-24-21)15-25-11-13-26(14-12-25)18-7-5-17(22)6-8-18/h3-10H,2,11-15H2,1H3. The quantitative estimate of drug-likeness (QED) is 0.649. The van der Waals surface area contributed by atoms with Gasteiger partial charge in [-0.3, -0.25) is 4.90 Å². The Kier molecular flexibility index (Phi) is 5.53. The van der Waals surface area contributed by atoms with E-state index in [-0.39, 0.29) is 5.82 Å². The van der Waals surface area contributed by atoms with Gasteiger partial charge in [0.1, 0.15) is 11.6 Å². The Morgan fingerprint density at radius 1 is 1.00 bits per heavy atom. The summed E-state index contributed by atoms with van der Waals surface area (Å²) in [6.45, 7) is 6.76. The number of benzene rings is 2. The molecule has 0 saturated carbocycles. The van der Waals surface area contributed by atoms with Crippen molar-refractivity contribution in [1.82, 2.24) is 15.0 Å². The topological polar surface area (TPSA) is 54.6 Å². The number of halogens is 1. The molecule has 28 heavy (non-hydrogen) atoms. The van der Waals surface area contributed by atoms with Crippen LogP contribution in [0.4, 0.5) is 10.1 Å². The van der Waals surface area contributed by atoms with Gasteiger partial charge in [-0.05, 0) is 55.5 Å². The SMILES string of the molecule is CCOc1ccc(-c2noc(CN3CCN(c4ccc(F)cc4)CC3)n2)cc1. The van der Waals surface area contributed by atoms with E-state index in [4.69, 9.17) is 9.26 Å². The van der Waals surface area contributed by atoms with Gasteiger partial charge in [0.05, 0.1) is 13.2 Å². The van der Waals surface area contributed by atoms with E-state index in [9.17, 15) is 4.39 Å². The first kappa shape index (κ1) is 18.4. The molecule has 0 radical (unpaired) electrons. The zero-order chi connectivity index (χ0) is 19.3. The molecule has 0 unspecified atom stereocenters. The Balaban J connectivity index is 1.32. The zero-order valence-electron chi connectivity index (χ0n) is 15.8. The molecule has 1 aliphatic heterocycles. The first-order chi connectivity index (χ1) is 13.7. The monoisotopic (exact) mass is 382 g/mol. The Hall–Kier alpha value is -2.93. The van der Waals surface area contributed by atoms with Crippen LogP contribution in [0, 0.1) is 5.82 Å². The highest BCUT2D eigenvalue weighted by molar-refractivity contribution is 5.55. The second-order valence-electron chi connectivity index (χ2n) is 6.71. The lowest BCUT2D eigenvalue weighted by atomic mass is 10.2. The summed E-state index contributed by atoms with van der Waals surface area (Å²) in [5.41, 5.74) is 1.95. The van der Waals surface area contributed by atoms with Crippen LogP contribution >= 0.6 is 0 Å². The van der Waals surface area contributed by atoms with Crippen molar-refractivity contribution >= 4 is 5.69 Å². The van der Waals surface area contributed by atoms with Gasteiger partial charge >= 0.3 is 0 Å². The molecule has 2 heterocycles. The van der Waals surface area contributed by atoms with Crippen LogP contribution in [0.5, 0.6) is 5.75 Å². The molecule has 1 saturated heterocycles. The Morgan fingerprint density at radius 3 is 2.39 bits per heavy atom. The molecule has 0 N–H and O–H groups in total. The number of hydrogen-bond donors (Lipinski definition) is 0. The van der Waals surface area contributed by atoms with Crippen molar-refractivity contribution in [3.63, 3.8) is 0 Å². The Labute approximate surface area is 163 Å². The fourth-order valence-corrected chi connectivity index (χ4v) is 3.31. The van der Waals surface area contributed by atoms with Crippen LogP contribution in [-0.2, 0) is 6.54 Å². The maximum Gasteiger partial charge on any atom is 0.241 e. The Morgan fingerprint density at radius 2 is 1.71 bits per heavy atom. The fourth-order valence-electron chi connectivity index (χ4n) is 3.31. The summed E-state index contributed by atoms with van der Waals surface area (Å²) < 4.78 is 24.0. The molecule has 2 aromatic carbocycles. The van der Waals surface area contributed by atoms with E-state index in [1.807, 2.05) is 43.3 Å². The van der Waals surface area contributed by atoms with Crippen molar-refractivity contribution in [2.75, 3.05) is 37.7 Å². The summed E-state index contributed by atoms with van der Waals surface area (Å²) >= 11 is 0. The van der Waals surface area contributed by atoms with Crippen LogP contribution in [-0.4, -0.2) is 47.8 Å². The minimum atomic E-state index is -0.206. The third-order valence-corrected chi connectivity index (χ3v) is 4.81. The van der Waals surface area contributed by atoms with Gasteiger partial charge in [-0.1, -0.05) is 5.16 Å². The van der Waals surface area contributed by atoms with Crippen LogP contribution in [0.25, 0.3) is 11.4 Å². The van der Waals surface area contributed by atoms with E-state index < -0.39 is 0 Å². The molecule has 146 valence electrons. The molecule has 6 nitrogen and oxygen atoms in total. The molecule has 7 heteroatoms. The van der Waals surface area contributed by atoms with Gasteiger partial charge < -0.3 is 14.2 Å². The third-order valence-electron chi connectivity index (χ3n) is 4.81.